The number of H-pyrrole nitrogens is 1. The van der Waals surface area contributed by atoms with Crippen LogP contribution in [0.3, 0.4) is 0 Å². The fourth-order valence-corrected chi connectivity index (χ4v) is 2.46. The number of hydrogen-bond donors (Lipinski definition) is 1. The summed E-state index contributed by atoms with van der Waals surface area (Å²) < 4.78 is 0. The largest absolute Gasteiger partial charge is 0.354 e. The third-order valence-corrected chi connectivity index (χ3v) is 3.40. The van der Waals surface area contributed by atoms with Crippen LogP contribution in [0, 0.1) is 0 Å². The van der Waals surface area contributed by atoms with E-state index in [-0.39, 0.29) is 0 Å². The van der Waals surface area contributed by atoms with Crippen LogP contribution in [0.25, 0.3) is 21.8 Å². The molecule has 4 aromatic rings. The summed E-state index contributed by atoms with van der Waals surface area (Å²) in [7, 11) is 0. The number of fused-ring (bicyclic) bond motifs is 3. The monoisotopic (exact) mass is 288 g/mol. The molecule has 2 aromatic heterocycles. The molecular weight excluding hydrogens is 272 g/mol. The molecule has 0 atom stereocenters. The van der Waals surface area contributed by atoms with E-state index >= 15 is 0 Å². The second-order valence-corrected chi connectivity index (χ2v) is 4.81. The van der Waals surface area contributed by atoms with Crippen LogP contribution < -0.4 is 0 Å². The third kappa shape index (κ3) is 2.86. The van der Waals surface area contributed by atoms with Gasteiger partial charge in [-0.05, 0) is 29.3 Å². The number of aromatic amines is 1. The van der Waals surface area contributed by atoms with E-state index in [1.54, 1.807) is 18.5 Å². The summed E-state index contributed by atoms with van der Waals surface area (Å²) in [5, 5.41) is 12.7. The molecule has 0 bridgehead atoms. The molecule has 0 amide bonds. The van der Waals surface area contributed by atoms with Crippen molar-refractivity contribution in [2.75, 3.05) is 0 Å². The maximum Gasteiger partial charge on any atom is 0.0529 e. The molecule has 0 aliphatic rings. The smallest absolute Gasteiger partial charge is 0.0529 e. The van der Waals surface area contributed by atoms with E-state index < -0.39 is 0 Å². The molecule has 0 aliphatic heterocycles. The van der Waals surface area contributed by atoms with Gasteiger partial charge in [-0.2, -0.15) is 0 Å². The average Bonchev–Trinajstić information content (AvgIpc) is 2.97. The molecule has 0 radical (unpaired) electrons. The molecule has 4 nitrogen and oxygen atoms in total. The minimum Gasteiger partial charge on any atom is -0.354 e. The molecule has 0 aliphatic carbocycles. The van der Waals surface area contributed by atoms with Crippen LogP contribution in [0.15, 0.2) is 73.6 Å². The maximum atomic E-state index is 3.80. The Kier molecular flexibility index (Phi) is 4.20. The van der Waals surface area contributed by atoms with Gasteiger partial charge in [0.1, 0.15) is 0 Å². The molecular formula is C18H16N4. The summed E-state index contributed by atoms with van der Waals surface area (Å²) in [4.78, 5) is 3.48. The summed E-state index contributed by atoms with van der Waals surface area (Å²) in [6, 6.07) is 16.6. The molecule has 0 saturated carbocycles. The van der Waals surface area contributed by atoms with Gasteiger partial charge in [0.2, 0.25) is 0 Å². The number of nitrogens with one attached hydrogen (secondary N) is 1. The van der Waals surface area contributed by atoms with E-state index in [1.807, 2.05) is 6.08 Å². The van der Waals surface area contributed by atoms with Gasteiger partial charge in [0.05, 0.1) is 17.9 Å². The summed E-state index contributed by atoms with van der Waals surface area (Å²) in [6.07, 6.45) is 6.00. The van der Waals surface area contributed by atoms with Gasteiger partial charge in [-0.3, -0.25) is 0 Å². The molecule has 0 unspecified atom stereocenters. The first-order valence-corrected chi connectivity index (χ1v) is 7.07. The Morgan fingerprint density at radius 1 is 0.909 bits per heavy atom. The van der Waals surface area contributed by atoms with E-state index in [4.69, 9.17) is 0 Å². The lowest BCUT2D eigenvalue weighted by Gasteiger charge is -1.98. The minimum atomic E-state index is 0.907. The lowest BCUT2D eigenvalue weighted by molar-refractivity contribution is 0.865. The molecule has 0 saturated heterocycles. The molecule has 2 heterocycles. The van der Waals surface area contributed by atoms with Crippen LogP contribution in [0.1, 0.15) is 5.56 Å². The molecule has 2 aromatic carbocycles. The van der Waals surface area contributed by atoms with Gasteiger partial charge in [-0.25, -0.2) is 0 Å². The minimum absolute atomic E-state index is 0.907. The third-order valence-electron chi connectivity index (χ3n) is 3.40. The summed E-state index contributed by atoms with van der Waals surface area (Å²) in [5.74, 6) is 0. The fourth-order valence-electron chi connectivity index (χ4n) is 2.46. The number of rotatable bonds is 2. The fraction of sp³-hybridized carbons (Fsp3) is 0.0556. The highest BCUT2D eigenvalue weighted by molar-refractivity contribution is 6.08. The maximum absolute atomic E-state index is 3.80. The SMILES string of the molecule is C=CCc1cccc2c1[nH]c1ccccc12.c1cnnnc1. The first kappa shape index (κ1) is 13.9. The van der Waals surface area contributed by atoms with Gasteiger partial charge in [-0.1, -0.05) is 42.5 Å². The number of nitrogens with zero attached hydrogens (tertiary/aromatic N) is 3. The van der Waals surface area contributed by atoms with Crippen molar-refractivity contribution in [2.45, 2.75) is 6.42 Å². The molecule has 1 N–H and O–H groups in total. The Morgan fingerprint density at radius 3 is 2.36 bits per heavy atom. The number of allylic oxidation sites excluding steroid dienone is 1. The van der Waals surface area contributed by atoms with Crippen LogP contribution in [0.5, 0.6) is 0 Å². The Hall–Kier alpha value is -3.01. The van der Waals surface area contributed by atoms with Crippen molar-refractivity contribution in [1.29, 1.82) is 0 Å². The van der Waals surface area contributed by atoms with Crippen LogP contribution in [0.4, 0.5) is 0 Å². The molecule has 22 heavy (non-hydrogen) atoms. The molecule has 4 heteroatoms. The summed E-state index contributed by atoms with van der Waals surface area (Å²) >= 11 is 0. The zero-order chi connectivity index (χ0) is 15.2. The van der Waals surface area contributed by atoms with Gasteiger partial charge in [0.25, 0.3) is 0 Å². The van der Waals surface area contributed by atoms with E-state index in [0.717, 1.165) is 6.42 Å². The van der Waals surface area contributed by atoms with Gasteiger partial charge >= 0.3 is 0 Å². The Bertz CT molecular complexity index is 855. The molecule has 108 valence electrons. The second kappa shape index (κ2) is 6.63. The molecule has 4 rings (SSSR count). The zero-order valence-corrected chi connectivity index (χ0v) is 12.1. The van der Waals surface area contributed by atoms with E-state index in [0.29, 0.717) is 0 Å². The van der Waals surface area contributed by atoms with Crippen LogP contribution in [-0.2, 0) is 6.42 Å². The normalized spacial score (nSPS) is 10.2. The van der Waals surface area contributed by atoms with Crippen molar-refractivity contribution in [3.8, 4) is 0 Å². The lowest BCUT2D eigenvalue weighted by atomic mass is 10.1. The summed E-state index contributed by atoms with van der Waals surface area (Å²) in [5.41, 5.74) is 3.75. The van der Waals surface area contributed by atoms with Crippen molar-refractivity contribution >= 4 is 21.8 Å². The Balaban J connectivity index is 0.000000202. The van der Waals surface area contributed by atoms with E-state index in [9.17, 15) is 0 Å². The van der Waals surface area contributed by atoms with Gasteiger partial charge in [-0.15, -0.1) is 16.8 Å². The Labute approximate surface area is 128 Å². The summed E-state index contributed by atoms with van der Waals surface area (Å²) in [6.45, 7) is 3.80. The van der Waals surface area contributed by atoms with Crippen molar-refractivity contribution in [3.63, 3.8) is 0 Å². The van der Waals surface area contributed by atoms with Gasteiger partial charge in [0, 0.05) is 16.3 Å². The Morgan fingerprint density at radius 2 is 1.68 bits per heavy atom. The van der Waals surface area contributed by atoms with Gasteiger partial charge in [0.15, 0.2) is 0 Å². The van der Waals surface area contributed by atoms with Crippen LogP contribution in [-0.4, -0.2) is 20.4 Å². The number of aromatic nitrogens is 4. The number of hydrogen-bond acceptors (Lipinski definition) is 3. The quantitative estimate of drug-likeness (QED) is 0.569. The van der Waals surface area contributed by atoms with E-state index in [1.165, 1.54) is 27.4 Å². The molecule has 0 spiro atoms. The average molecular weight is 288 g/mol. The van der Waals surface area contributed by atoms with Gasteiger partial charge < -0.3 is 4.98 Å². The number of para-hydroxylation sites is 2. The predicted molar refractivity (Wildman–Crippen MR) is 89.5 cm³/mol. The van der Waals surface area contributed by atoms with Crippen molar-refractivity contribution in [2.24, 2.45) is 0 Å². The highest BCUT2D eigenvalue weighted by Crippen LogP contribution is 2.27. The van der Waals surface area contributed by atoms with Crippen molar-refractivity contribution in [3.05, 3.63) is 79.1 Å². The standard InChI is InChI=1S/C15H13N.C3H3N3/c1-2-6-11-7-5-9-13-12-8-3-4-10-14(12)16-15(11)13;1-2-4-6-5-3-1/h2-5,7-10,16H,1,6H2;1-3H. The van der Waals surface area contributed by atoms with Crippen LogP contribution >= 0.6 is 0 Å². The second-order valence-electron chi connectivity index (χ2n) is 4.81. The van der Waals surface area contributed by atoms with Crippen molar-refractivity contribution < 1.29 is 0 Å². The molecule has 0 fully saturated rings. The van der Waals surface area contributed by atoms with E-state index in [2.05, 4.69) is 69.4 Å². The predicted octanol–water partition coefficient (Wildman–Crippen LogP) is 3.92. The van der Waals surface area contributed by atoms with Crippen LogP contribution in [0.2, 0.25) is 0 Å². The lowest BCUT2D eigenvalue weighted by Crippen LogP contribution is -1.82. The first-order chi connectivity index (χ1) is 10.9. The number of benzene rings is 2. The topological polar surface area (TPSA) is 54.5 Å². The highest BCUT2D eigenvalue weighted by atomic mass is 15.3. The zero-order valence-electron chi connectivity index (χ0n) is 12.1. The van der Waals surface area contributed by atoms with Crippen molar-refractivity contribution in [1.82, 2.24) is 20.4 Å². The highest BCUT2D eigenvalue weighted by Gasteiger charge is 2.05. The first-order valence-electron chi connectivity index (χ1n) is 7.07.